The predicted molar refractivity (Wildman–Crippen MR) is 66.0 cm³/mol. The molecule has 0 saturated carbocycles. The van der Waals surface area contributed by atoms with Gasteiger partial charge in [0.05, 0.1) is 24.5 Å². The highest BCUT2D eigenvalue weighted by Gasteiger charge is 2.29. The molecule has 6 heteroatoms. The first-order valence-electron chi connectivity index (χ1n) is 5.88. The standard InChI is InChI=1S/C12H17N3O3/c1-8-5-15(6-9(7-16)18-8)12(17)11-10(13)3-2-4-14-11/h2-4,8-9,16H,5-7,13H2,1H3. The van der Waals surface area contributed by atoms with Crippen molar-refractivity contribution in [2.45, 2.75) is 19.1 Å². The Hall–Kier alpha value is -1.66. The summed E-state index contributed by atoms with van der Waals surface area (Å²) in [6, 6.07) is 3.33. The van der Waals surface area contributed by atoms with Gasteiger partial charge in [-0.3, -0.25) is 4.79 Å². The van der Waals surface area contributed by atoms with E-state index in [2.05, 4.69) is 4.98 Å². The number of pyridine rings is 1. The monoisotopic (exact) mass is 251 g/mol. The van der Waals surface area contributed by atoms with Crippen molar-refractivity contribution >= 4 is 11.6 Å². The van der Waals surface area contributed by atoms with Crippen molar-refractivity contribution in [3.8, 4) is 0 Å². The molecule has 0 radical (unpaired) electrons. The fourth-order valence-electron chi connectivity index (χ4n) is 2.06. The second-order valence-corrected chi connectivity index (χ2v) is 4.40. The second kappa shape index (κ2) is 5.32. The zero-order chi connectivity index (χ0) is 13.1. The van der Waals surface area contributed by atoms with Crippen molar-refractivity contribution in [2.75, 3.05) is 25.4 Å². The smallest absolute Gasteiger partial charge is 0.274 e. The van der Waals surface area contributed by atoms with Gasteiger partial charge < -0.3 is 20.5 Å². The Kier molecular flexibility index (Phi) is 3.78. The maximum Gasteiger partial charge on any atom is 0.274 e. The highest BCUT2D eigenvalue weighted by atomic mass is 16.5. The van der Waals surface area contributed by atoms with Crippen molar-refractivity contribution in [1.82, 2.24) is 9.88 Å². The number of hydrogen-bond acceptors (Lipinski definition) is 5. The van der Waals surface area contributed by atoms with Gasteiger partial charge in [-0.15, -0.1) is 0 Å². The van der Waals surface area contributed by atoms with E-state index in [-0.39, 0.29) is 30.4 Å². The van der Waals surface area contributed by atoms with Crippen LogP contribution in [-0.4, -0.2) is 52.8 Å². The number of amides is 1. The molecule has 18 heavy (non-hydrogen) atoms. The van der Waals surface area contributed by atoms with Gasteiger partial charge in [0.1, 0.15) is 0 Å². The summed E-state index contributed by atoms with van der Waals surface area (Å²) >= 11 is 0. The molecule has 0 aliphatic carbocycles. The van der Waals surface area contributed by atoms with Crippen molar-refractivity contribution < 1.29 is 14.6 Å². The van der Waals surface area contributed by atoms with Gasteiger partial charge in [0.15, 0.2) is 5.69 Å². The molecule has 6 nitrogen and oxygen atoms in total. The SMILES string of the molecule is CC1CN(C(=O)c2ncccc2N)CC(CO)O1. The maximum atomic E-state index is 12.3. The molecule has 1 aliphatic heterocycles. The van der Waals surface area contributed by atoms with E-state index in [0.29, 0.717) is 18.8 Å². The Morgan fingerprint density at radius 2 is 2.44 bits per heavy atom. The Morgan fingerprint density at radius 3 is 3.11 bits per heavy atom. The molecule has 0 bridgehead atoms. The fraction of sp³-hybridized carbons (Fsp3) is 0.500. The summed E-state index contributed by atoms with van der Waals surface area (Å²) < 4.78 is 5.49. The largest absolute Gasteiger partial charge is 0.397 e. The summed E-state index contributed by atoms with van der Waals surface area (Å²) in [5.41, 5.74) is 6.36. The molecule has 1 saturated heterocycles. The number of nitrogens with two attached hydrogens (primary N) is 1. The van der Waals surface area contributed by atoms with Crippen LogP contribution in [0, 0.1) is 0 Å². The lowest BCUT2D eigenvalue weighted by molar-refractivity contribution is -0.0859. The van der Waals surface area contributed by atoms with Gasteiger partial charge in [0.2, 0.25) is 0 Å². The quantitative estimate of drug-likeness (QED) is 0.765. The molecule has 1 aromatic rings. The normalized spacial score (nSPS) is 24.0. The average molecular weight is 251 g/mol. The van der Waals surface area contributed by atoms with Gasteiger partial charge in [-0.05, 0) is 19.1 Å². The van der Waals surface area contributed by atoms with Crippen LogP contribution in [0.2, 0.25) is 0 Å². The molecule has 1 aliphatic rings. The van der Waals surface area contributed by atoms with Gasteiger partial charge in [0, 0.05) is 19.3 Å². The van der Waals surface area contributed by atoms with Crippen LogP contribution < -0.4 is 5.73 Å². The molecule has 2 atom stereocenters. The molecule has 2 rings (SSSR count). The second-order valence-electron chi connectivity index (χ2n) is 4.40. The van der Waals surface area contributed by atoms with E-state index in [1.54, 1.807) is 17.0 Å². The van der Waals surface area contributed by atoms with Crippen LogP contribution in [0.1, 0.15) is 17.4 Å². The lowest BCUT2D eigenvalue weighted by Crippen LogP contribution is -2.50. The molecule has 1 amide bonds. The molecule has 0 spiro atoms. The van der Waals surface area contributed by atoms with Crippen LogP contribution in [0.15, 0.2) is 18.3 Å². The van der Waals surface area contributed by atoms with Crippen LogP contribution in [0.4, 0.5) is 5.69 Å². The number of ether oxygens (including phenoxy) is 1. The number of hydrogen-bond donors (Lipinski definition) is 2. The van der Waals surface area contributed by atoms with Crippen molar-refractivity contribution in [3.05, 3.63) is 24.0 Å². The number of nitrogens with zero attached hydrogens (tertiary/aromatic N) is 2. The summed E-state index contributed by atoms with van der Waals surface area (Å²) in [5.74, 6) is -0.221. The van der Waals surface area contributed by atoms with E-state index < -0.39 is 0 Å². The van der Waals surface area contributed by atoms with E-state index in [4.69, 9.17) is 15.6 Å². The molecule has 0 aromatic carbocycles. The van der Waals surface area contributed by atoms with Crippen molar-refractivity contribution in [3.63, 3.8) is 0 Å². The minimum atomic E-state index is -0.345. The number of morpholine rings is 1. The van der Waals surface area contributed by atoms with Crippen LogP contribution in [-0.2, 0) is 4.74 Å². The molecule has 1 fully saturated rings. The number of aromatic nitrogens is 1. The summed E-state index contributed by atoms with van der Waals surface area (Å²) in [6.07, 6.45) is 1.09. The van der Waals surface area contributed by atoms with Crippen LogP contribution in [0.5, 0.6) is 0 Å². The molecule has 3 N–H and O–H groups in total. The highest BCUT2D eigenvalue weighted by Crippen LogP contribution is 2.16. The summed E-state index contributed by atoms with van der Waals surface area (Å²) in [6.45, 7) is 2.59. The highest BCUT2D eigenvalue weighted by molar-refractivity contribution is 5.97. The van der Waals surface area contributed by atoms with E-state index in [9.17, 15) is 4.79 Å². The Balaban J connectivity index is 2.16. The van der Waals surface area contributed by atoms with Crippen molar-refractivity contribution in [2.24, 2.45) is 0 Å². The van der Waals surface area contributed by atoms with Gasteiger partial charge in [-0.2, -0.15) is 0 Å². The van der Waals surface area contributed by atoms with Gasteiger partial charge in [-0.1, -0.05) is 0 Å². The Morgan fingerprint density at radius 1 is 1.67 bits per heavy atom. The fourth-order valence-corrected chi connectivity index (χ4v) is 2.06. The zero-order valence-electron chi connectivity index (χ0n) is 10.2. The predicted octanol–water partition coefficient (Wildman–Crippen LogP) is -0.114. The third-order valence-electron chi connectivity index (χ3n) is 2.86. The first-order chi connectivity index (χ1) is 8.61. The first kappa shape index (κ1) is 12.8. The third-order valence-corrected chi connectivity index (χ3v) is 2.86. The Labute approximate surface area is 105 Å². The van der Waals surface area contributed by atoms with Crippen LogP contribution in [0.25, 0.3) is 0 Å². The summed E-state index contributed by atoms with van der Waals surface area (Å²) in [4.78, 5) is 17.9. The Bertz CT molecular complexity index is 438. The van der Waals surface area contributed by atoms with E-state index >= 15 is 0 Å². The number of rotatable bonds is 2. The average Bonchev–Trinajstić information content (AvgIpc) is 2.37. The van der Waals surface area contributed by atoms with Crippen molar-refractivity contribution in [1.29, 1.82) is 0 Å². The lowest BCUT2D eigenvalue weighted by atomic mass is 10.2. The number of aliphatic hydroxyl groups is 1. The molecular formula is C12H17N3O3. The number of carbonyl (C=O) groups is 1. The molecule has 1 aromatic heterocycles. The van der Waals surface area contributed by atoms with Gasteiger partial charge >= 0.3 is 0 Å². The lowest BCUT2D eigenvalue weighted by Gasteiger charge is -2.36. The summed E-state index contributed by atoms with van der Waals surface area (Å²) in [5, 5.41) is 9.13. The van der Waals surface area contributed by atoms with Gasteiger partial charge in [-0.25, -0.2) is 4.98 Å². The van der Waals surface area contributed by atoms with Crippen LogP contribution in [0.3, 0.4) is 0 Å². The van der Waals surface area contributed by atoms with E-state index in [0.717, 1.165) is 0 Å². The molecule has 2 unspecified atom stereocenters. The topological polar surface area (TPSA) is 88.7 Å². The van der Waals surface area contributed by atoms with Crippen LogP contribution >= 0.6 is 0 Å². The zero-order valence-corrected chi connectivity index (χ0v) is 10.2. The molecule has 98 valence electrons. The van der Waals surface area contributed by atoms with Gasteiger partial charge in [0.25, 0.3) is 5.91 Å². The molecular weight excluding hydrogens is 234 g/mol. The van der Waals surface area contributed by atoms with E-state index in [1.165, 1.54) is 6.20 Å². The maximum absolute atomic E-state index is 12.3. The number of anilines is 1. The summed E-state index contributed by atoms with van der Waals surface area (Å²) in [7, 11) is 0. The first-order valence-corrected chi connectivity index (χ1v) is 5.88. The molecule has 2 heterocycles. The third kappa shape index (κ3) is 2.60. The minimum absolute atomic E-state index is 0.105. The minimum Gasteiger partial charge on any atom is -0.397 e. The number of aliphatic hydroxyl groups excluding tert-OH is 1. The number of carbonyl (C=O) groups excluding carboxylic acids is 1. The van der Waals surface area contributed by atoms with E-state index in [1.807, 2.05) is 6.92 Å². The number of nitrogen functional groups attached to an aromatic ring is 1.